The summed E-state index contributed by atoms with van der Waals surface area (Å²) in [5.74, 6) is -0.809. The van der Waals surface area contributed by atoms with E-state index in [1.54, 1.807) is 6.92 Å². The van der Waals surface area contributed by atoms with E-state index < -0.39 is 11.3 Å². The molecule has 0 saturated carbocycles. The summed E-state index contributed by atoms with van der Waals surface area (Å²) in [6.07, 6.45) is -0.215. The largest absolute Gasteiger partial charge is 0.469 e. The zero-order valence-corrected chi connectivity index (χ0v) is 11.0. The Morgan fingerprint density at radius 2 is 1.69 bits per heavy atom. The summed E-state index contributed by atoms with van der Waals surface area (Å²) in [7, 11) is 2.85. The molecule has 0 aliphatic carbocycles. The van der Waals surface area contributed by atoms with E-state index in [0.29, 0.717) is 0 Å². The van der Waals surface area contributed by atoms with Crippen LogP contribution in [0.5, 0.6) is 0 Å². The van der Waals surface area contributed by atoms with Crippen molar-refractivity contribution in [2.75, 3.05) is 14.2 Å². The van der Waals surface area contributed by atoms with E-state index in [-0.39, 0.29) is 24.3 Å². The molecular weight excluding hydrogens is 208 g/mol. The van der Waals surface area contributed by atoms with Crippen LogP contribution in [0, 0.1) is 11.3 Å². The van der Waals surface area contributed by atoms with Crippen LogP contribution in [0.2, 0.25) is 0 Å². The maximum absolute atomic E-state index is 12.1. The number of ether oxygens (including phenoxy) is 2. The van der Waals surface area contributed by atoms with Gasteiger partial charge in [0.2, 0.25) is 0 Å². The first-order chi connectivity index (χ1) is 7.23. The van der Waals surface area contributed by atoms with Gasteiger partial charge in [-0.3, -0.25) is 9.59 Å². The quantitative estimate of drug-likeness (QED) is 0.676. The molecule has 2 unspecified atom stereocenters. The lowest BCUT2D eigenvalue weighted by molar-refractivity contribution is -0.148. The van der Waals surface area contributed by atoms with Crippen LogP contribution < -0.4 is 0 Å². The van der Waals surface area contributed by atoms with Gasteiger partial charge >= 0.3 is 5.97 Å². The SMILES string of the molecule is COC(=O)CC(C(=O)C(C)(C)C)C(C)OC. The highest BCUT2D eigenvalue weighted by Crippen LogP contribution is 2.26. The molecule has 0 spiro atoms. The molecule has 2 atom stereocenters. The minimum absolute atomic E-state index is 0.0206. The van der Waals surface area contributed by atoms with E-state index in [1.807, 2.05) is 20.8 Å². The minimum atomic E-state index is -0.481. The zero-order valence-electron chi connectivity index (χ0n) is 11.0. The molecule has 0 aliphatic rings. The van der Waals surface area contributed by atoms with Crippen molar-refractivity contribution in [3.05, 3.63) is 0 Å². The predicted octanol–water partition coefficient (Wildman–Crippen LogP) is 1.82. The number of carbonyl (C=O) groups is 2. The van der Waals surface area contributed by atoms with Crippen molar-refractivity contribution in [1.82, 2.24) is 0 Å². The fourth-order valence-electron chi connectivity index (χ4n) is 1.46. The monoisotopic (exact) mass is 230 g/mol. The second kappa shape index (κ2) is 5.99. The average Bonchev–Trinajstić information content (AvgIpc) is 2.22. The summed E-state index contributed by atoms with van der Waals surface area (Å²) in [5.41, 5.74) is -0.481. The van der Waals surface area contributed by atoms with Gasteiger partial charge in [0.1, 0.15) is 5.78 Å². The van der Waals surface area contributed by atoms with Gasteiger partial charge in [-0.1, -0.05) is 20.8 Å². The number of esters is 1. The van der Waals surface area contributed by atoms with Crippen LogP contribution in [-0.4, -0.2) is 32.1 Å². The summed E-state index contributed by atoms with van der Waals surface area (Å²) >= 11 is 0. The number of hydrogen-bond acceptors (Lipinski definition) is 4. The Kier molecular flexibility index (Phi) is 5.65. The summed E-state index contributed by atoms with van der Waals surface area (Å²) in [4.78, 5) is 23.4. The maximum atomic E-state index is 12.1. The van der Waals surface area contributed by atoms with Gasteiger partial charge < -0.3 is 9.47 Å². The highest BCUT2D eigenvalue weighted by Gasteiger charge is 2.35. The second-order valence-corrected chi connectivity index (χ2v) is 4.94. The first-order valence-corrected chi connectivity index (χ1v) is 5.38. The van der Waals surface area contributed by atoms with Crippen molar-refractivity contribution < 1.29 is 19.1 Å². The van der Waals surface area contributed by atoms with E-state index in [2.05, 4.69) is 4.74 Å². The molecule has 0 radical (unpaired) electrons. The smallest absolute Gasteiger partial charge is 0.306 e. The Morgan fingerprint density at radius 1 is 1.19 bits per heavy atom. The van der Waals surface area contributed by atoms with E-state index in [9.17, 15) is 9.59 Å². The van der Waals surface area contributed by atoms with E-state index in [0.717, 1.165) is 0 Å². The lowest BCUT2D eigenvalue weighted by Crippen LogP contribution is -2.37. The highest BCUT2D eigenvalue weighted by atomic mass is 16.5. The Balaban J connectivity index is 4.81. The fraction of sp³-hybridized carbons (Fsp3) is 0.833. The van der Waals surface area contributed by atoms with Gasteiger partial charge in [-0.15, -0.1) is 0 Å². The molecule has 0 aromatic carbocycles. The summed E-state index contributed by atoms with van der Waals surface area (Å²) in [5, 5.41) is 0. The van der Waals surface area contributed by atoms with Crippen molar-refractivity contribution in [1.29, 1.82) is 0 Å². The lowest BCUT2D eigenvalue weighted by Gasteiger charge is -2.27. The van der Waals surface area contributed by atoms with Gasteiger partial charge in [0, 0.05) is 12.5 Å². The number of Topliss-reactive ketones (excluding diaryl/α,β-unsaturated/α-hetero) is 1. The molecule has 94 valence electrons. The van der Waals surface area contributed by atoms with Crippen LogP contribution in [0.1, 0.15) is 34.1 Å². The number of hydrogen-bond donors (Lipinski definition) is 0. The van der Waals surface area contributed by atoms with E-state index in [4.69, 9.17) is 4.74 Å². The minimum Gasteiger partial charge on any atom is -0.469 e. The third kappa shape index (κ3) is 4.31. The third-order valence-electron chi connectivity index (χ3n) is 2.63. The summed E-state index contributed by atoms with van der Waals surface area (Å²) in [6, 6.07) is 0. The van der Waals surface area contributed by atoms with Crippen LogP contribution in [0.15, 0.2) is 0 Å². The molecule has 16 heavy (non-hydrogen) atoms. The molecule has 0 amide bonds. The second-order valence-electron chi connectivity index (χ2n) is 4.94. The number of rotatable bonds is 5. The Bertz CT molecular complexity index is 252. The Hall–Kier alpha value is -0.900. The van der Waals surface area contributed by atoms with Gasteiger partial charge in [-0.2, -0.15) is 0 Å². The number of ketones is 1. The van der Waals surface area contributed by atoms with Crippen LogP contribution in [-0.2, 0) is 19.1 Å². The topological polar surface area (TPSA) is 52.6 Å². The molecule has 0 bridgehead atoms. The van der Waals surface area contributed by atoms with Gasteiger partial charge in [-0.25, -0.2) is 0 Å². The Morgan fingerprint density at radius 3 is 2.00 bits per heavy atom. The molecule has 0 aromatic heterocycles. The molecule has 0 N–H and O–H groups in total. The molecular formula is C12H22O4. The molecule has 0 rings (SSSR count). The van der Waals surface area contributed by atoms with Gasteiger partial charge in [0.15, 0.2) is 0 Å². The van der Waals surface area contributed by atoms with Crippen molar-refractivity contribution in [3.63, 3.8) is 0 Å². The summed E-state index contributed by atoms with van der Waals surface area (Å²) < 4.78 is 9.74. The van der Waals surface area contributed by atoms with Crippen molar-refractivity contribution in [2.24, 2.45) is 11.3 Å². The number of methoxy groups -OCH3 is 2. The fourth-order valence-corrected chi connectivity index (χ4v) is 1.46. The molecule has 0 saturated heterocycles. The molecule has 4 nitrogen and oxygen atoms in total. The molecule has 0 fully saturated rings. The van der Waals surface area contributed by atoms with E-state index >= 15 is 0 Å². The van der Waals surface area contributed by atoms with Crippen LogP contribution in [0.4, 0.5) is 0 Å². The van der Waals surface area contributed by atoms with Gasteiger partial charge in [0.25, 0.3) is 0 Å². The first kappa shape index (κ1) is 15.1. The van der Waals surface area contributed by atoms with Gasteiger partial charge in [-0.05, 0) is 6.92 Å². The Labute approximate surface area is 97.3 Å². The molecule has 0 aliphatic heterocycles. The van der Waals surface area contributed by atoms with Crippen LogP contribution >= 0.6 is 0 Å². The lowest BCUT2D eigenvalue weighted by atomic mass is 9.79. The van der Waals surface area contributed by atoms with Gasteiger partial charge in [0.05, 0.1) is 25.6 Å². The zero-order chi connectivity index (χ0) is 12.9. The molecule has 0 aromatic rings. The van der Waals surface area contributed by atoms with Crippen LogP contribution in [0.3, 0.4) is 0 Å². The first-order valence-electron chi connectivity index (χ1n) is 5.38. The predicted molar refractivity (Wildman–Crippen MR) is 61.1 cm³/mol. The van der Waals surface area contributed by atoms with Crippen molar-refractivity contribution in [2.45, 2.75) is 40.2 Å². The summed E-state index contributed by atoms with van der Waals surface area (Å²) in [6.45, 7) is 7.29. The van der Waals surface area contributed by atoms with Crippen molar-refractivity contribution in [3.8, 4) is 0 Å². The highest BCUT2D eigenvalue weighted by molar-refractivity contribution is 5.89. The normalized spacial score (nSPS) is 15.4. The maximum Gasteiger partial charge on any atom is 0.306 e. The molecule has 4 heteroatoms. The third-order valence-corrected chi connectivity index (χ3v) is 2.63. The van der Waals surface area contributed by atoms with Crippen LogP contribution in [0.25, 0.3) is 0 Å². The average molecular weight is 230 g/mol. The van der Waals surface area contributed by atoms with Crippen molar-refractivity contribution >= 4 is 11.8 Å². The molecule has 0 heterocycles. The van der Waals surface area contributed by atoms with E-state index in [1.165, 1.54) is 14.2 Å². The standard InChI is InChI=1S/C12H22O4/c1-8(15-5)9(7-10(13)16-6)11(14)12(2,3)4/h8-9H,7H2,1-6H3. The number of carbonyl (C=O) groups excluding carboxylic acids is 2.